The molecule has 2 aromatic heterocycles. The summed E-state index contributed by atoms with van der Waals surface area (Å²) in [5.74, 6) is 0. The molecule has 2 rings (SSSR count). The zero-order valence-electron chi connectivity index (χ0n) is 10.1. The topological polar surface area (TPSA) is 25.8 Å². The van der Waals surface area contributed by atoms with Crippen LogP contribution in [0.15, 0.2) is 50.3 Å². The van der Waals surface area contributed by atoms with Crippen LogP contribution in [-0.4, -0.2) is 9.97 Å². The van der Waals surface area contributed by atoms with Gasteiger partial charge in [0.15, 0.2) is 0 Å². The van der Waals surface area contributed by atoms with Crippen LogP contribution in [0.3, 0.4) is 0 Å². The molecule has 0 bridgehead atoms. The average Bonchev–Trinajstić information content (AvgIpc) is 2.46. The highest BCUT2D eigenvalue weighted by Gasteiger charge is 2.11. The summed E-state index contributed by atoms with van der Waals surface area (Å²) in [7, 11) is 0. The van der Waals surface area contributed by atoms with Gasteiger partial charge in [-0.15, -0.1) is 0 Å². The molecule has 88 valence electrons. The van der Waals surface area contributed by atoms with Crippen LogP contribution in [0.1, 0.15) is 16.7 Å². The van der Waals surface area contributed by atoms with Crippen molar-refractivity contribution in [1.82, 2.24) is 9.97 Å². The Morgan fingerprint density at radius 1 is 0.889 bits per heavy atom. The molecule has 0 aliphatic rings. The van der Waals surface area contributed by atoms with Gasteiger partial charge in [-0.3, -0.25) is 9.97 Å². The molecule has 0 aliphatic heterocycles. The summed E-state index contributed by atoms with van der Waals surface area (Å²) in [6.45, 7) is 11.5. The first-order valence-corrected chi connectivity index (χ1v) is 5.63. The Balaban J connectivity index is 2.73. The van der Waals surface area contributed by atoms with Crippen LogP contribution in [0, 0.1) is 0 Å². The standard InChI is InChI=1S/C16H14N2/c1-4-12-11-18-16(14(6-3)13(12)5-2)15-9-7-8-10-17-15/h4-11H,1-3H2. The Kier molecular flexibility index (Phi) is 3.49. The fourth-order valence-corrected chi connectivity index (χ4v) is 1.86. The molecule has 2 heteroatoms. The Hall–Kier alpha value is -2.48. The van der Waals surface area contributed by atoms with E-state index in [-0.39, 0.29) is 0 Å². The molecular formula is C16H14N2. The van der Waals surface area contributed by atoms with Gasteiger partial charge in [-0.1, -0.05) is 44.0 Å². The quantitative estimate of drug-likeness (QED) is 0.796. The van der Waals surface area contributed by atoms with Crippen molar-refractivity contribution in [2.45, 2.75) is 0 Å². The molecule has 2 aromatic rings. The second-order valence-corrected chi connectivity index (χ2v) is 3.72. The van der Waals surface area contributed by atoms with Crippen LogP contribution in [-0.2, 0) is 0 Å². The summed E-state index contributed by atoms with van der Waals surface area (Å²) in [6.07, 6.45) is 8.86. The molecular weight excluding hydrogens is 220 g/mol. The first-order valence-electron chi connectivity index (χ1n) is 5.63. The lowest BCUT2D eigenvalue weighted by molar-refractivity contribution is 1.23. The Morgan fingerprint density at radius 2 is 1.67 bits per heavy atom. The van der Waals surface area contributed by atoms with Crippen LogP contribution in [0.5, 0.6) is 0 Å². The average molecular weight is 234 g/mol. The van der Waals surface area contributed by atoms with Crippen LogP contribution in [0.2, 0.25) is 0 Å². The van der Waals surface area contributed by atoms with Crippen LogP contribution < -0.4 is 0 Å². The molecule has 0 aromatic carbocycles. The van der Waals surface area contributed by atoms with E-state index < -0.39 is 0 Å². The van der Waals surface area contributed by atoms with Crippen LogP contribution in [0.4, 0.5) is 0 Å². The van der Waals surface area contributed by atoms with Gasteiger partial charge in [0, 0.05) is 23.5 Å². The van der Waals surface area contributed by atoms with Gasteiger partial charge in [0.25, 0.3) is 0 Å². The summed E-state index contributed by atoms with van der Waals surface area (Å²) in [4.78, 5) is 8.76. The zero-order chi connectivity index (χ0) is 13.0. The van der Waals surface area contributed by atoms with E-state index in [1.807, 2.05) is 18.2 Å². The Morgan fingerprint density at radius 3 is 2.22 bits per heavy atom. The zero-order valence-corrected chi connectivity index (χ0v) is 10.1. The molecule has 0 saturated carbocycles. The Labute approximate surface area is 107 Å². The lowest BCUT2D eigenvalue weighted by Crippen LogP contribution is -1.96. The van der Waals surface area contributed by atoms with Crippen molar-refractivity contribution in [3.05, 3.63) is 67.0 Å². The van der Waals surface area contributed by atoms with Gasteiger partial charge in [-0.2, -0.15) is 0 Å². The van der Waals surface area contributed by atoms with Crippen molar-refractivity contribution in [2.24, 2.45) is 0 Å². The maximum absolute atomic E-state index is 4.45. The minimum Gasteiger partial charge on any atom is -0.255 e. The number of hydrogen-bond donors (Lipinski definition) is 0. The first-order chi connectivity index (χ1) is 8.81. The minimum atomic E-state index is 0.811. The lowest BCUT2D eigenvalue weighted by atomic mass is 9.99. The second kappa shape index (κ2) is 5.23. The third-order valence-corrected chi connectivity index (χ3v) is 2.72. The molecule has 0 radical (unpaired) electrons. The van der Waals surface area contributed by atoms with Crippen molar-refractivity contribution in [3.8, 4) is 11.4 Å². The molecule has 0 fully saturated rings. The lowest BCUT2D eigenvalue weighted by Gasteiger charge is -2.10. The number of pyridine rings is 2. The highest BCUT2D eigenvalue weighted by molar-refractivity contribution is 5.80. The van der Waals surface area contributed by atoms with E-state index in [0.29, 0.717) is 0 Å². The summed E-state index contributed by atoms with van der Waals surface area (Å²) >= 11 is 0. The van der Waals surface area contributed by atoms with Gasteiger partial charge in [0.1, 0.15) is 0 Å². The van der Waals surface area contributed by atoms with E-state index in [4.69, 9.17) is 0 Å². The van der Waals surface area contributed by atoms with E-state index in [0.717, 1.165) is 28.1 Å². The van der Waals surface area contributed by atoms with E-state index >= 15 is 0 Å². The fraction of sp³-hybridized carbons (Fsp3) is 0. The number of hydrogen-bond acceptors (Lipinski definition) is 2. The van der Waals surface area contributed by atoms with Crippen LogP contribution in [0.25, 0.3) is 29.6 Å². The van der Waals surface area contributed by atoms with Gasteiger partial charge in [0.2, 0.25) is 0 Å². The molecule has 0 amide bonds. The number of nitrogens with zero attached hydrogens (tertiary/aromatic N) is 2. The normalized spacial score (nSPS) is 9.78. The molecule has 0 spiro atoms. The summed E-state index contributed by atoms with van der Waals surface area (Å²) in [5.41, 5.74) is 4.49. The molecule has 0 aliphatic carbocycles. The van der Waals surface area contributed by atoms with Gasteiger partial charge in [-0.25, -0.2) is 0 Å². The third kappa shape index (κ3) is 2.00. The summed E-state index contributed by atoms with van der Waals surface area (Å²) in [5, 5.41) is 0. The predicted molar refractivity (Wildman–Crippen MR) is 77.7 cm³/mol. The first kappa shape index (κ1) is 12.0. The molecule has 0 unspecified atom stereocenters. The van der Waals surface area contributed by atoms with Gasteiger partial charge < -0.3 is 0 Å². The molecule has 18 heavy (non-hydrogen) atoms. The number of rotatable bonds is 4. The Bertz CT molecular complexity index is 598. The molecule has 2 nitrogen and oxygen atoms in total. The van der Waals surface area contributed by atoms with Crippen molar-refractivity contribution >= 4 is 18.2 Å². The van der Waals surface area contributed by atoms with E-state index in [2.05, 4.69) is 29.7 Å². The van der Waals surface area contributed by atoms with E-state index in [1.54, 1.807) is 30.6 Å². The van der Waals surface area contributed by atoms with Crippen molar-refractivity contribution in [2.75, 3.05) is 0 Å². The van der Waals surface area contributed by atoms with Gasteiger partial charge >= 0.3 is 0 Å². The largest absolute Gasteiger partial charge is 0.255 e. The SMILES string of the molecule is C=Cc1cnc(-c2ccccn2)c(C=C)c1C=C. The maximum Gasteiger partial charge on any atom is 0.0964 e. The smallest absolute Gasteiger partial charge is 0.0964 e. The fourth-order valence-electron chi connectivity index (χ4n) is 1.86. The van der Waals surface area contributed by atoms with Crippen molar-refractivity contribution in [3.63, 3.8) is 0 Å². The monoisotopic (exact) mass is 234 g/mol. The summed E-state index contributed by atoms with van der Waals surface area (Å²) in [6, 6.07) is 5.74. The van der Waals surface area contributed by atoms with Crippen molar-refractivity contribution in [1.29, 1.82) is 0 Å². The molecule has 2 heterocycles. The van der Waals surface area contributed by atoms with E-state index in [1.165, 1.54) is 0 Å². The third-order valence-electron chi connectivity index (χ3n) is 2.72. The highest BCUT2D eigenvalue weighted by Crippen LogP contribution is 2.27. The summed E-state index contributed by atoms with van der Waals surface area (Å²) < 4.78 is 0. The van der Waals surface area contributed by atoms with Crippen LogP contribution >= 0.6 is 0 Å². The second-order valence-electron chi connectivity index (χ2n) is 3.72. The maximum atomic E-state index is 4.45. The molecule has 0 saturated heterocycles. The molecule has 0 atom stereocenters. The van der Waals surface area contributed by atoms with E-state index in [9.17, 15) is 0 Å². The number of aromatic nitrogens is 2. The van der Waals surface area contributed by atoms with Gasteiger partial charge in [-0.05, 0) is 17.7 Å². The highest BCUT2D eigenvalue weighted by atomic mass is 14.8. The van der Waals surface area contributed by atoms with Gasteiger partial charge in [0.05, 0.1) is 11.4 Å². The predicted octanol–water partition coefficient (Wildman–Crippen LogP) is 4.07. The van der Waals surface area contributed by atoms with Crippen molar-refractivity contribution < 1.29 is 0 Å². The molecule has 0 N–H and O–H groups in total. The minimum absolute atomic E-state index is 0.811.